The van der Waals surface area contributed by atoms with Gasteiger partial charge in [-0.05, 0) is 18.9 Å². The van der Waals surface area contributed by atoms with Crippen molar-refractivity contribution < 1.29 is 4.74 Å². The van der Waals surface area contributed by atoms with Crippen molar-refractivity contribution >= 4 is 22.3 Å². The van der Waals surface area contributed by atoms with Gasteiger partial charge in [-0.15, -0.1) is 11.3 Å². The second-order valence-corrected chi connectivity index (χ2v) is 6.82. The van der Waals surface area contributed by atoms with Gasteiger partial charge in [-0.2, -0.15) is 0 Å². The van der Waals surface area contributed by atoms with E-state index >= 15 is 0 Å². The molecule has 0 saturated carbocycles. The highest BCUT2D eigenvalue weighted by Crippen LogP contribution is 2.30. The molecule has 0 spiro atoms. The van der Waals surface area contributed by atoms with Gasteiger partial charge in [-0.1, -0.05) is 0 Å². The number of rotatable bonds is 3. The molecule has 2 aromatic rings. The van der Waals surface area contributed by atoms with Gasteiger partial charge in [0.1, 0.15) is 11.6 Å². The van der Waals surface area contributed by atoms with Crippen molar-refractivity contribution in [1.82, 2.24) is 15.0 Å². The predicted octanol–water partition coefficient (Wildman–Crippen LogP) is 2.15. The Morgan fingerprint density at radius 1 is 1.00 bits per heavy atom. The van der Waals surface area contributed by atoms with E-state index in [1.165, 1.54) is 0 Å². The van der Waals surface area contributed by atoms with Gasteiger partial charge >= 0.3 is 0 Å². The highest BCUT2D eigenvalue weighted by Gasteiger charge is 2.24. The summed E-state index contributed by atoms with van der Waals surface area (Å²) in [7, 11) is 0. The first-order valence-corrected chi connectivity index (χ1v) is 9.08. The van der Waals surface area contributed by atoms with Crippen LogP contribution in [0.1, 0.15) is 24.6 Å². The fourth-order valence-corrected chi connectivity index (χ4v) is 3.93. The molecule has 2 aromatic heterocycles. The molecule has 2 saturated heterocycles. The third-order valence-corrected chi connectivity index (χ3v) is 5.38. The van der Waals surface area contributed by atoms with Gasteiger partial charge in [-0.25, -0.2) is 15.0 Å². The van der Waals surface area contributed by atoms with Gasteiger partial charge in [-0.3, -0.25) is 0 Å². The summed E-state index contributed by atoms with van der Waals surface area (Å²) in [4.78, 5) is 18.4. The van der Waals surface area contributed by atoms with E-state index in [9.17, 15) is 0 Å². The Hall–Kier alpha value is -1.73. The van der Waals surface area contributed by atoms with Crippen molar-refractivity contribution in [3.8, 4) is 0 Å². The Balaban J connectivity index is 1.42. The maximum absolute atomic E-state index is 5.42. The van der Waals surface area contributed by atoms with E-state index in [0.29, 0.717) is 5.92 Å². The van der Waals surface area contributed by atoms with Crippen LogP contribution in [0.15, 0.2) is 23.8 Å². The Bertz CT molecular complexity index is 621. The minimum absolute atomic E-state index is 0.451. The molecule has 0 atom stereocenters. The fraction of sp³-hybridized carbons (Fsp3) is 0.562. The van der Waals surface area contributed by atoms with E-state index in [-0.39, 0.29) is 0 Å². The summed E-state index contributed by atoms with van der Waals surface area (Å²) in [5.41, 5.74) is 0. The second-order valence-electron chi connectivity index (χ2n) is 5.95. The Kier molecular flexibility index (Phi) is 4.39. The van der Waals surface area contributed by atoms with E-state index in [2.05, 4.69) is 19.8 Å². The van der Waals surface area contributed by atoms with Crippen molar-refractivity contribution in [2.75, 3.05) is 49.2 Å². The zero-order valence-electron chi connectivity index (χ0n) is 13.1. The summed E-state index contributed by atoms with van der Waals surface area (Å²) in [6.45, 7) is 5.46. The molecule has 6 nitrogen and oxygen atoms in total. The average molecular weight is 331 g/mol. The number of hydrogen-bond donors (Lipinski definition) is 0. The smallest absolute Gasteiger partial charge is 0.185 e. The molecule has 7 heteroatoms. The van der Waals surface area contributed by atoms with Crippen LogP contribution in [0.5, 0.6) is 0 Å². The quantitative estimate of drug-likeness (QED) is 0.859. The van der Waals surface area contributed by atoms with Crippen LogP contribution in [-0.4, -0.2) is 54.3 Å². The number of piperidine rings is 1. The molecule has 2 aliphatic heterocycles. The van der Waals surface area contributed by atoms with Crippen molar-refractivity contribution in [1.29, 1.82) is 0 Å². The molecule has 23 heavy (non-hydrogen) atoms. The maximum Gasteiger partial charge on any atom is 0.185 e. The van der Waals surface area contributed by atoms with E-state index < -0.39 is 0 Å². The van der Waals surface area contributed by atoms with Crippen LogP contribution in [0.25, 0.3) is 0 Å². The summed E-state index contributed by atoms with van der Waals surface area (Å²) in [6, 6.07) is 2.01. The summed E-state index contributed by atoms with van der Waals surface area (Å²) >= 11 is 1.71. The number of thiazole rings is 1. The third kappa shape index (κ3) is 3.30. The highest BCUT2D eigenvalue weighted by molar-refractivity contribution is 7.13. The van der Waals surface area contributed by atoms with Crippen LogP contribution < -0.4 is 9.80 Å². The molecule has 0 N–H and O–H groups in total. The summed E-state index contributed by atoms with van der Waals surface area (Å²) in [5.74, 6) is 2.49. The molecule has 2 aliphatic rings. The Morgan fingerprint density at radius 2 is 1.83 bits per heavy atom. The van der Waals surface area contributed by atoms with Gasteiger partial charge in [0.15, 0.2) is 5.13 Å². The lowest BCUT2D eigenvalue weighted by Crippen LogP contribution is -2.37. The first-order chi connectivity index (χ1) is 11.4. The van der Waals surface area contributed by atoms with Crippen LogP contribution in [-0.2, 0) is 4.74 Å². The molecule has 2 fully saturated rings. The lowest BCUT2D eigenvalue weighted by molar-refractivity contribution is 0.122. The molecular weight excluding hydrogens is 310 g/mol. The number of hydrogen-bond acceptors (Lipinski definition) is 7. The van der Waals surface area contributed by atoms with Crippen LogP contribution in [0.2, 0.25) is 0 Å². The number of ether oxygens (including phenoxy) is 1. The molecule has 0 aromatic carbocycles. The van der Waals surface area contributed by atoms with E-state index in [1.807, 2.05) is 23.8 Å². The molecule has 122 valence electrons. The maximum atomic E-state index is 5.42. The minimum Gasteiger partial charge on any atom is -0.378 e. The number of morpholine rings is 1. The van der Waals surface area contributed by atoms with E-state index in [1.54, 1.807) is 11.3 Å². The first kappa shape index (κ1) is 14.8. The summed E-state index contributed by atoms with van der Waals surface area (Å²) < 4.78 is 5.42. The van der Waals surface area contributed by atoms with Crippen LogP contribution in [0.4, 0.5) is 10.9 Å². The zero-order chi connectivity index (χ0) is 15.5. The molecule has 0 amide bonds. The van der Waals surface area contributed by atoms with Crippen LogP contribution in [0.3, 0.4) is 0 Å². The van der Waals surface area contributed by atoms with Gasteiger partial charge < -0.3 is 14.5 Å². The number of nitrogens with zero attached hydrogens (tertiary/aromatic N) is 5. The van der Waals surface area contributed by atoms with E-state index in [0.717, 1.165) is 69.0 Å². The standard InChI is InChI=1S/C16H21N5OS/c1-4-17-15(19-14(1)20-8-10-22-11-9-20)13-2-6-21(7-3-13)16-18-5-12-23-16/h1,4-5,12-13H,2-3,6-11H2. The topological polar surface area (TPSA) is 54.4 Å². The SMILES string of the molecule is c1cc(N2CCOCC2)nc(C2CCN(c3nccs3)CC2)n1. The highest BCUT2D eigenvalue weighted by atomic mass is 32.1. The van der Waals surface area contributed by atoms with Crippen molar-refractivity contribution in [3.05, 3.63) is 29.7 Å². The van der Waals surface area contributed by atoms with Crippen molar-refractivity contribution in [2.45, 2.75) is 18.8 Å². The molecule has 0 aliphatic carbocycles. The molecule has 0 unspecified atom stereocenters. The summed E-state index contributed by atoms with van der Waals surface area (Å²) in [5, 5.41) is 3.17. The van der Waals surface area contributed by atoms with Gasteiger partial charge in [0.05, 0.1) is 13.2 Å². The Labute approximate surface area is 140 Å². The minimum atomic E-state index is 0.451. The number of anilines is 2. The average Bonchev–Trinajstić information content (AvgIpc) is 3.17. The Morgan fingerprint density at radius 3 is 2.57 bits per heavy atom. The monoisotopic (exact) mass is 331 g/mol. The normalized spacial score (nSPS) is 20.0. The molecule has 4 heterocycles. The van der Waals surface area contributed by atoms with E-state index in [4.69, 9.17) is 9.72 Å². The second kappa shape index (κ2) is 6.80. The molecule has 4 rings (SSSR count). The van der Waals surface area contributed by atoms with Gasteiger partial charge in [0.25, 0.3) is 0 Å². The van der Waals surface area contributed by atoms with Crippen LogP contribution in [0, 0.1) is 0 Å². The molecule has 0 radical (unpaired) electrons. The first-order valence-electron chi connectivity index (χ1n) is 8.20. The number of aromatic nitrogens is 3. The summed E-state index contributed by atoms with van der Waals surface area (Å²) in [6.07, 6.45) is 5.96. The molecule has 0 bridgehead atoms. The van der Waals surface area contributed by atoms with Crippen LogP contribution >= 0.6 is 11.3 Å². The van der Waals surface area contributed by atoms with Crippen molar-refractivity contribution in [2.24, 2.45) is 0 Å². The lowest BCUT2D eigenvalue weighted by atomic mass is 9.96. The molecular formula is C16H21N5OS. The largest absolute Gasteiger partial charge is 0.378 e. The van der Waals surface area contributed by atoms with Gasteiger partial charge in [0, 0.05) is 49.9 Å². The third-order valence-electron chi connectivity index (χ3n) is 4.54. The zero-order valence-corrected chi connectivity index (χ0v) is 13.9. The van der Waals surface area contributed by atoms with Gasteiger partial charge in [0.2, 0.25) is 0 Å². The lowest BCUT2D eigenvalue weighted by Gasteiger charge is -2.32. The van der Waals surface area contributed by atoms with Crippen molar-refractivity contribution in [3.63, 3.8) is 0 Å². The fourth-order valence-electron chi connectivity index (χ4n) is 3.23. The predicted molar refractivity (Wildman–Crippen MR) is 91.4 cm³/mol.